The Morgan fingerprint density at radius 3 is 1.73 bits per heavy atom. The maximum absolute atomic E-state index is 9.54. The molecule has 1 unspecified atom stereocenters. The Balaban J connectivity index is 2.04. The summed E-state index contributed by atoms with van der Waals surface area (Å²) in [6.45, 7) is 2.81. The molecule has 1 aliphatic heterocycles. The van der Waals surface area contributed by atoms with E-state index in [0.717, 1.165) is 17.5 Å². The lowest BCUT2D eigenvalue weighted by atomic mass is 9.71. The molecule has 2 aromatic rings. The molecule has 0 bridgehead atoms. The number of aromatic hydroxyl groups is 2. The maximum Gasteiger partial charge on any atom is 0.115 e. The Bertz CT molecular complexity index is 600. The predicted molar refractivity (Wildman–Crippen MR) is 86.7 cm³/mol. The van der Waals surface area contributed by atoms with Crippen LogP contribution in [0.15, 0.2) is 48.5 Å². The minimum absolute atomic E-state index is 0.242. The first-order valence-corrected chi connectivity index (χ1v) is 7.80. The van der Waals surface area contributed by atoms with Gasteiger partial charge in [0.1, 0.15) is 17.1 Å². The van der Waals surface area contributed by atoms with Gasteiger partial charge in [0.15, 0.2) is 0 Å². The molecule has 0 amide bonds. The van der Waals surface area contributed by atoms with E-state index in [9.17, 15) is 10.2 Å². The summed E-state index contributed by atoms with van der Waals surface area (Å²) in [5.41, 5.74) is 1.56. The highest BCUT2D eigenvalue weighted by Gasteiger charge is 2.49. The number of hydrogen-bond acceptors (Lipinski definition) is 3. The van der Waals surface area contributed by atoms with Crippen LogP contribution in [0, 0.1) is 0 Å². The summed E-state index contributed by atoms with van der Waals surface area (Å²) in [6, 6.07) is 14.5. The SMILES string of the molecule is CC(CC1(CCl)CO1)(c1ccc(O)cc1)c1ccc(O)cc1. The largest absolute Gasteiger partial charge is 0.508 e. The highest BCUT2D eigenvalue weighted by molar-refractivity contribution is 6.18. The number of benzene rings is 2. The number of alkyl halides is 1. The molecule has 0 aromatic heterocycles. The zero-order chi connectivity index (χ0) is 15.8. The standard InChI is InChI=1S/C18H19ClO3/c1-17(10-18(11-19)12-22-18,13-2-6-15(20)7-3-13)14-4-8-16(21)9-5-14/h2-9,20-21H,10-12H2,1H3. The fraction of sp³-hybridized carbons (Fsp3) is 0.333. The fourth-order valence-corrected chi connectivity index (χ4v) is 3.25. The molecule has 3 nitrogen and oxygen atoms in total. The average Bonchev–Trinajstić information content (AvgIpc) is 3.28. The van der Waals surface area contributed by atoms with Gasteiger partial charge in [-0.15, -0.1) is 11.6 Å². The first kappa shape index (κ1) is 15.2. The second kappa shape index (κ2) is 5.49. The van der Waals surface area contributed by atoms with Gasteiger partial charge >= 0.3 is 0 Å². The molecule has 22 heavy (non-hydrogen) atoms. The number of phenolic OH excluding ortho intramolecular Hbond substituents is 2. The van der Waals surface area contributed by atoms with E-state index in [0.29, 0.717) is 12.5 Å². The first-order chi connectivity index (χ1) is 10.5. The van der Waals surface area contributed by atoms with Crippen molar-refractivity contribution in [2.45, 2.75) is 24.4 Å². The summed E-state index contributed by atoms with van der Waals surface area (Å²) in [5, 5.41) is 19.1. The van der Waals surface area contributed by atoms with E-state index >= 15 is 0 Å². The molecule has 1 heterocycles. The van der Waals surface area contributed by atoms with Gasteiger partial charge in [-0.1, -0.05) is 31.2 Å². The molecule has 4 heteroatoms. The summed E-state index contributed by atoms with van der Waals surface area (Å²) >= 11 is 6.08. The molecule has 2 aromatic carbocycles. The van der Waals surface area contributed by atoms with E-state index in [2.05, 4.69) is 6.92 Å². The van der Waals surface area contributed by atoms with Crippen LogP contribution < -0.4 is 0 Å². The number of ether oxygens (including phenoxy) is 1. The van der Waals surface area contributed by atoms with Crippen molar-refractivity contribution in [2.24, 2.45) is 0 Å². The molecular formula is C18H19ClO3. The third kappa shape index (κ3) is 2.79. The second-order valence-corrected chi connectivity index (χ2v) is 6.48. The van der Waals surface area contributed by atoms with Crippen molar-refractivity contribution in [3.8, 4) is 11.5 Å². The zero-order valence-electron chi connectivity index (χ0n) is 12.4. The summed E-state index contributed by atoms with van der Waals surface area (Å²) in [6.07, 6.45) is 0.749. The van der Waals surface area contributed by atoms with E-state index in [1.165, 1.54) is 0 Å². The molecule has 1 aliphatic rings. The van der Waals surface area contributed by atoms with E-state index < -0.39 is 0 Å². The van der Waals surface area contributed by atoms with Gasteiger partial charge in [0.05, 0.1) is 12.5 Å². The van der Waals surface area contributed by atoms with E-state index in [1.807, 2.05) is 24.3 Å². The third-order valence-electron chi connectivity index (χ3n) is 4.48. The smallest absolute Gasteiger partial charge is 0.115 e. The molecular weight excluding hydrogens is 300 g/mol. The minimum atomic E-state index is -0.313. The molecule has 0 aliphatic carbocycles. The Kier molecular flexibility index (Phi) is 3.79. The lowest BCUT2D eigenvalue weighted by molar-refractivity contribution is 0.275. The molecule has 1 saturated heterocycles. The van der Waals surface area contributed by atoms with Gasteiger partial charge in [-0.25, -0.2) is 0 Å². The van der Waals surface area contributed by atoms with Gasteiger partial charge in [0.25, 0.3) is 0 Å². The molecule has 1 atom stereocenters. The normalized spacial score (nSPS) is 20.8. The summed E-state index contributed by atoms with van der Waals surface area (Å²) in [4.78, 5) is 0. The highest BCUT2D eigenvalue weighted by Crippen LogP contribution is 2.46. The quantitative estimate of drug-likeness (QED) is 0.651. The predicted octanol–water partition coefficient (Wildman–Crippen LogP) is 3.80. The Labute approximate surface area is 135 Å². The van der Waals surface area contributed by atoms with Crippen LogP contribution in [0.5, 0.6) is 11.5 Å². The van der Waals surface area contributed by atoms with Crippen LogP contribution in [0.3, 0.4) is 0 Å². The van der Waals surface area contributed by atoms with Crippen molar-refractivity contribution >= 4 is 11.6 Å². The molecule has 0 spiro atoms. The molecule has 1 fully saturated rings. The van der Waals surface area contributed by atoms with E-state index in [1.54, 1.807) is 24.3 Å². The van der Waals surface area contributed by atoms with Crippen LogP contribution in [0.2, 0.25) is 0 Å². The number of epoxide rings is 1. The van der Waals surface area contributed by atoms with Crippen LogP contribution in [0.1, 0.15) is 24.5 Å². The molecule has 0 radical (unpaired) electrons. The Morgan fingerprint density at radius 2 is 1.41 bits per heavy atom. The van der Waals surface area contributed by atoms with Crippen molar-refractivity contribution < 1.29 is 14.9 Å². The van der Waals surface area contributed by atoms with Crippen molar-refractivity contribution in [1.29, 1.82) is 0 Å². The van der Waals surface area contributed by atoms with Crippen LogP contribution in [0.4, 0.5) is 0 Å². The third-order valence-corrected chi connectivity index (χ3v) is 4.97. The maximum atomic E-state index is 9.54. The minimum Gasteiger partial charge on any atom is -0.508 e. The lowest BCUT2D eigenvalue weighted by Crippen LogP contribution is -2.32. The van der Waals surface area contributed by atoms with E-state index in [-0.39, 0.29) is 22.5 Å². The van der Waals surface area contributed by atoms with E-state index in [4.69, 9.17) is 16.3 Å². The van der Waals surface area contributed by atoms with Crippen molar-refractivity contribution in [3.05, 3.63) is 59.7 Å². The number of phenols is 2. The van der Waals surface area contributed by atoms with Crippen molar-refractivity contribution in [3.63, 3.8) is 0 Å². The zero-order valence-corrected chi connectivity index (χ0v) is 13.2. The molecule has 116 valence electrons. The van der Waals surface area contributed by atoms with Crippen LogP contribution >= 0.6 is 11.6 Å². The van der Waals surface area contributed by atoms with Crippen molar-refractivity contribution in [2.75, 3.05) is 12.5 Å². The van der Waals surface area contributed by atoms with Gasteiger partial charge < -0.3 is 14.9 Å². The first-order valence-electron chi connectivity index (χ1n) is 7.26. The topological polar surface area (TPSA) is 53.0 Å². The summed E-state index contributed by atoms with van der Waals surface area (Å²) < 4.78 is 5.60. The van der Waals surface area contributed by atoms with Crippen LogP contribution in [0.25, 0.3) is 0 Å². The summed E-state index contributed by atoms with van der Waals surface area (Å²) in [5.74, 6) is 0.941. The molecule has 2 N–H and O–H groups in total. The second-order valence-electron chi connectivity index (χ2n) is 6.21. The van der Waals surface area contributed by atoms with Gasteiger partial charge in [0.2, 0.25) is 0 Å². The Hall–Kier alpha value is -1.71. The van der Waals surface area contributed by atoms with Crippen LogP contribution in [-0.2, 0) is 10.2 Å². The van der Waals surface area contributed by atoms with Gasteiger partial charge in [-0.2, -0.15) is 0 Å². The van der Waals surface area contributed by atoms with Crippen LogP contribution in [-0.4, -0.2) is 28.3 Å². The van der Waals surface area contributed by atoms with Gasteiger partial charge in [-0.3, -0.25) is 0 Å². The van der Waals surface area contributed by atoms with Crippen molar-refractivity contribution in [1.82, 2.24) is 0 Å². The lowest BCUT2D eigenvalue weighted by Gasteiger charge is -2.33. The number of hydrogen-bond donors (Lipinski definition) is 2. The monoisotopic (exact) mass is 318 g/mol. The molecule has 3 rings (SSSR count). The summed E-state index contributed by atoms with van der Waals surface area (Å²) in [7, 11) is 0. The van der Waals surface area contributed by atoms with Gasteiger partial charge in [-0.05, 0) is 41.8 Å². The Morgan fingerprint density at radius 1 is 1.00 bits per heavy atom. The fourth-order valence-electron chi connectivity index (χ4n) is 3.00. The van der Waals surface area contributed by atoms with Gasteiger partial charge in [0, 0.05) is 5.41 Å². The average molecular weight is 319 g/mol. The number of halogens is 1. The number of rotatable bonds is 5. The highest BCUT2D eigenvalue weighted by atomic mass is 35.5. The molecule has 0 saturated carbocycles.